The van der Waals surface area contributed by atoms with E-state index in [4.69, 9.17) is 0 Å². The van der Waals surface area contributed by atoms with Crippen molar-refractivity contribution in [1.29, 1.82) is 0 Å². The molecular weight excluding hydrogens is 314 g/mol. The average molecular weight is 327 g/mol. The SMILES string of the molecule is O=C1C=C(n2ccc3ccccc32)C(=O)N1n1ccc2ccccc21. The number of amides is 2. The molecule has 5 nitrogen and oxygen atoms in total. The zero-order chi connectivity index (χ0) is 17.0. The van der Waals surface area contributed by atoms with E-state index in [1.165, 1.54) is 11.1 Å². The van der Waals surface area contributed by atoms with Gasteiger partial charge in [-0.2, -0.15) is 5.01 Å². The van der Waals surface area contributed by atoms with E-state index in [9.17, 15) is 9.59 Å². The lowest BCUT2D eigenvalue weighted by atomic mass is 10.2. The molecule has 0 N–H and O–H groups in total. The molecule has 0 radical (unpaired) electrons. The zero-order valence-corrected chi connectivity index (χ0v) is 13.2. The Hall–Kier alpha value is -3.60. The monoisotopic (exact) mass is 327 g/mol. The molecule has 120 valence electrons. The first-order valence-corrected chi connectivity index (χ1v) is 7.97. The predicted octanol–water partition coefficient (Wildman–Crippen LogP) is 3.14. The number of rotatable bonds is 2. The molecule has 0 fully saturated rings. The summed E-state index contributed by atoms with van der Waals surface area (Å²) >= 11 is 0. The lowest BCUT2D eigenvalue weighted by molar-refractivity contribution is -0.121. The fraction of sp³-hybridized carbons (Fsp3) is 0. The Morgan fingerprint density at radius 1 is 0.680 bits per heavy atom. The van der Waals surface area contributed by atoms with Crippen LogP contribution >= 0.6 is 0 Å². The van der Waals surface area contributed by atoms with Crippen molar-refractivity contribution in [3.8, 4) is 0 Å². The molecule has 0 bridgehead atoms. The van der Waals surface area contributed by atoms with Gasteiger partial charge in [0, 0.05) is 23.9 Å². The number of fused-ring (bicyclic) bond motifs is 2. The van der Waals surface area contributed by atoms with Gasteiger partial charge < -0.3 is 4.57 Å². The van der Waals surface area contributed by atoms with Crippen LogP contribution in [-0.4, -0.2) is 21.1 Å². The summed E-state index contributed by atoms with van der Waals surface area (Å²) in [6.45, 7) is 0. The summed E-state index contributed by atoms with van der Waals surface area (Å²) in [6.07, 6.45) is 4.95. The number of hydrogen-bond acceptors (Lipinski definition) is 2. The normalized spacial score (nSPS) is 14.7. The summed E-state index contributed by atoms with van der Waals surface area (Å²) in [5.41, 5.74) is 2.06. The van der Waals surface area contributed by atoms with Crippen LogP contribution in [-0.2, 0) is 9.59 Å². The first-order valence-electron chi connectivity index (χ1n) is 7.97. The minimum absolute atomic E-state index is 0.340. The molecule has 5 heteroatoms. The number of imide groups is 1. The first-order chi connectivity index (χ1) is 12.2. The highest BCUT2D eigenvalue weighted by Crippen LogP contribution is 2.25. The summed E-state index contributed by atoms with van der Waals surface area (Å²) in [7, 11) is 0. The summed E-state index contributed by atoms with van der Waals surface area (Å²) in [4.78, 5) is 25.6. The van der Waals surface area contributed by atoms with Gasteiger partial charge in [-0.15, -0.1) is 0 Å². The van der Waals surface area contributed by atoms with E-state index in [1.54, 1.807) is 15.4 Å². The minimum Gasteiger partial charge on any atom is -0.312 e. The Balaban J connectivity index is 1.63. The highest BCUT2D eigenvalue weighted by molar-refractivity contribution is 6.38. The van der Waals surface area contributed by atoms with Gasteiger partial charge in [0.25, 0.3) is 11.8 Å². The largest absolute Gasteiger partial charge is 0.312 e. The third kappa shape index (κ3) is 1.89. The summed E-state index contributed by atoms with van der Waals surface area (Å²) in [6, 6.07) is 19.2. The lowest BCUT2D eigenvalue weighted by Crippen LogP contribution is -2.40. The van der Waals surface area contributed by atoms with Crippen molar-refractivity contribution in [2.75, 3.05) is 5.01 Å². The number of carbonyl (C=O) groups is 2. The van der Waals surface area contributed by atoms with Gasteiger partial charge in [-0.1, -0.05) is 36.4 Å². The molecule has 1 aliphatic rings. The predicted molar refractivity (Wildman–Crippen MR) is 96.4 cm³/mol. The second-order valence-corrected chi connectivity index (χ2v) is 5.95. The number of para-hydroxylation sites is 2. The Bertz CT molecular complexity index is 1200. The molecule has 0 saturated carbocycles. The quantitative estimate of drug-likeness (QED) is 0.531. The fourth-order valence-corrected chi connectivity index (χ4v) is 3.36. The van der Waals surface area contributed by atoms with Crippen LogP contribution in [0, 0.1) is 0 Å². The van der Waals surface area contributed by atoms with Crippen LogP contribution in [0.4, 0.5) is 0 Å². The van der Waals surface area contributed by atoms with Crippen LogP contribution in [0.5, 0.6) is 0 Å². The van der Waals surface area contributed by atoms with Gasteiger partial charge in [-0.25, -0.2) is 0 Å². The highest BCUT2D eigenvalue weighted by atomic mass is 16.2. The van der Waals surface area contributed by atoms with E-state index < -0.39 is 0 Å². The molecule has 0 spiro atoms. The lowest BCUT2D eigenvalue weighted by Gasteiger charge is -2.17. The molecule has 2 aromatic heterocycles. The highest BCUT2D eigenvalue weighted by Gasteiger charge is 2.34. The maximum atomic E-state index is 13.0. The summed E-state index contributed by atoms with van der Waals surface area (Å²) in [5.74, 6) is -0.688. The van der Waals surface area contributed by atoms with E-state index >= 15 is 0 Å². The van der Waals surface area contributed by atoms with Crippen molar-refractivity contribution in [1.82, 2.24) is 9.24 Å². The van der Waals surface area contributed by atoms with E-state index in [0.717, 1.165) is 21.8 Å². The topological polar surface area (TPSA) is 47.2 Å². The maximum absolute atomic E-state index is 13.0. The fourth-order valence-electron chi connectivity index (χ4n) is 3.36. The second-order valence-electron chi connectivity index (χ2n) is 5.95. The second kappa shape index (κ2) is 4.95. The van der Waals surface area contributed by atoms with Crippen LogP contribution in [0.25, 0.3) is 27.5 Å². The molecule has 5 rings (SSSR count). The van der Waals surface area contributed by atoms with Gasteiger partial charge in [0.05, 0.1) is 11.0 Å². The van der Waals surface area contributed by atoms with Crippen molar-refractivity contribution < 1.29 is 9.59 Å². The molecule has 0 saturated heterocycles. The van der Waals surface area contributed by atoms with Gasteiger partial charge >= 0.3 is 0 Å². The van der Waals surface area contributed by atoms with Crippen molar-refractivity contribution >= 4 is 39.3 Å². The molecule has 2 aromatic carbocycles. The zero-order valence-electron chi connectivity index (χ0n) is 13.2. The third-order valence-electron chi connectivity index (χ3n) is 4.53. The van der Waals surface area contributed by atoms with Gasteiger partial charge in [0.15, 0.2) is 0 Å². The van der Waals surface area contributed by atoms with Crippen LogP contribution in [0.15, 0.2) is 79.1 Å². The number of nitrogens with zero attached hydrogens (tertiary/aromatic N) is 3. The van der Waals surface area contributed by atoms with Crippen LogP contribution in [0.1, 0.15) is 0 Å². The average Bonchev–Trinajstić information content (AvgIpc) is 3.31. The minimum atomic E-state index is -0.348. The number of aromatic nitrogens is 2. The molecule has 0 unspecified atom stereocenters. The van der Waals surface area contributed by atoms with Crippen molar-refractivity contribution in [2.24, 2.45) is 0 Å². The number of carbonyl (C=O) groups excluding carboxylic acids is 2. The Kier molecular flexibility index (Phi) is 2.73. The first kappa shape index (κ1) is 13.8. The molecule has 25 heavy (non-hydrogen) atoms. The molecule has 1 aliphatic heterocycles. The van der Waals surface area contributed by atoms with E-state index in [0.29, 0.717) is 5.70 Å². The van der Waals surface area contributed by atoms with Crippen LogP contribution < -0.4 is 5.01 Å². The van der Waals surface area contributed by atoms with E-state index in [1.807, 2.05) is 66.9 Å². The summed E-state index contributed by atoms with van der Waals surface area (Å²) < 4.78 is 3.37. The molecular formula is C20H13N3O2. The van der Waals surface area contributed by atoms with Gasteiger partial charge in [0.1, 0.15) is 5.70 Å². The van der Waals surface area contributed by atoms with Crippen LogP contribution in [0.2, 0.25) is 0 Å². The van der Waals surface area contributed by atoms with Crippen molar-refractivity contribution in [3.05, 3.63) is 79.1 Å². The maximum Gasteiger partial charge on any atom is 0.297 e. The molecule has 0 aliphatic carbocycles. The van der Waals surface area contributed by atoms with Gasteiger partial charge in [-0.05, 0) is 29.7 Å². The molecule has 3 heterocycles. The molecule has 0 atom stereocenters. The van der Waals surface area contributed by atoms with E-state index in [-0.39, 0.29) is 11.8 Å². The molecule has 2 amide bonds. The Morgan fingerprint density at radius 2 is 1.32 bits per heavy atom. The smallest absolute Gasteiger partial charge is 0.297 e. The number of benzene rings is 2. The molecule has 4 aromatic rings. The Labute approximate surface area is 143 Å². The van der Waals surface area contributed by atoms with Crippen LogP contribution in [0.3, 0.4) is 0 Å². The van der Waals surface area contributed by atoms with Crippen molar-refractivity contribution in [3.63, 3.8) is 0 Å². The van der Waals surface area contributed by atoms with Gasteiger partial charge in [-0.3, -0.25) is 14.3 Å². The standard InChI is InChI=1S/C20H13N3O2/c24-19-13-18(21-11-9-14-5-1-3-7-16(14)21)20(25)23(19)22-12-10-15-6-2-4-8-17(15)22/h1-13H. The Morgan fingerprint density at radius 3 is 2.12 bits per heavy atom. The van der Waals surface area contributed by atoms with Gasteiger partial charge in [0.2, 0.25) is 0 Å². The summed E-state index contributed by atoms with van der Waals surface area (Å²) in [5, 5.41) is 3.17. The third-order valence-corrected chi connectivity index (χ3v) is 4.53. The van der Waals surface area contributed by atoms with Crippen molar-refractivity contribution in [2.45, 2.75) is 0 Å². The number of hydrogen-bond donors (Lipinski definition) is 0. The van der Waals surface area contributed by atoms with E-state index in [2.05, 4.69) is 0 Å².